The Kier molecular flexibility index (Phi) is 3.91. The van der Waals surface area contributed by atoms with Gasteiger partial charge in [-0.15, -0.1) is 0 Å². The third kappa shape index (κ3) is 2.86. The molecule has 0 saturated carbocycles. The molecule has 5 nitrogen and oxygen atoms in total. The van der Waals surface area contributed by atoms with E-state index < -0.39 is 0 Å². The summed E-state index contributed by atoms with van der Waals surface area (Å²) in [5.41, 5.74) is 9.90. The first-order valence-electron chi connectivity index (χ1n) is 11.2. The Labute approximate surface area is 201 Å². The van der Waals surface area contributed by atoms with Gasteiger partial charge in [-0.2, -0.15) is 5.26 Å². The molecule has 8 bridgehead atoms. The molecule has 3 aliphatic heterocycles. The van der Waals surface area contributed by atoms with Crippen LogP contribution in [0.5, 0.6) is 0 Å². The minimum absolute atomic E-state index is 0.536. The SMILES string of the molecule is [C-]#[N+]c1cc2c3c(c1)-c1cc(C#N)cc(c1=N3)=C1C=CC=C(N1)c1cccc(n1)-c1cccc-2c1. The molecule has 4 heterocycles. The maximum atomic E-state index is 9.81. The molecule has 0 spiro atoms. The number of hydrogen-bond acceptors (Lipinski definition) is 4. The maximum absolute atomic E-state index is 9.81. The van der Waals surface area contributed by atoms with Gasteiger partial charge >= 0.3 is 0 Å². The lowest BCUT2D eigenvalue weighted by molar-refractivity contribution is 1.15. The second-order valence-corrected chi connectivity index (χ2v) is 8.61. The van der Waals surface area contributed by atoms with E-state index in [2.05, 4.69) is 22.3 Å². The summed E-state index contributed by atoms with van der Waals surface area (Å²) in [6.45, 7) is 7.71. The van der Waals surface area contributed by atoms with E-state index in [1.54, 1.807) is 0 Å². The molecular formula is C30H15N5. The van der Waals surface area contributed by atoms with Crippen molar-refractivity contribution < 1.29 is 0 Å². The van der Waals surface area contributed by atoms with Crippen LogP contribution in [0.3, 0.4) is 0 Å². The number of benzene rings is 3. The normalized spacial score (nSPS) is 13.5. The number of dihydropyridines is 1. The molecule has 3 aliphatic rings. The second kappa shape index (κ2) is 7.12. The quantitative estimate of drug-likeness (QED) is 0.325. The van der Waals surface area contributed by atoms with E-state index in [0.717, 1.165) is 66.9 Å². The average molecular weight is 445 g/mol. The van der Waals surface area contributed by atoms with Gasteiger partial charge in [-0.05, 0) is 71.3 Å². The van der Waals surface area contributed by atoms with Crippen LogP contribution < -0.4 is 15.9 Å². The van der Waals surface area contributed by atoms with E-state index in [4.69, 9.17) is 16.5 Å². The molecular weight excluding hydrogens is 430 g/mol. The fraction of sp³-hybridized carbons (Fsp3) is 0. The average Bonchev–Trinajstić information content (AvgIpc) is 3.30. The number of nitrogens with one attached hydrogen (secondary N) is 1. The summed E-state index contributed by atoms with van der Waals surface area (Å²) in [4.78, 5) is 13.8. The largest absolute Gasteiger partial charge is 0.353 e. The highest BCUT2D eigenvalue weighted by molar-refractivity contribution is 5.95. The summed E-state index contributed by atoms with van der Waals surface area (Å²) in [6.07, 6.45) is 5.97. The number of rotatable bonds is 0. The van der Waals surface area contributed by atoms with Crippen molar-refractivity contribution in [2.24, 2.45) is 4.99 Å². The third-order valence-corrected chi connectivity index (χ3v) is 6.56. The summed E-state index contributed by atoms with van der Waals surface area (Å²) in [5.74, 6) is 0. The Hall–Kier alpha value is -5.26. The van der Waals surface area contributed by atoms with Crippen LogP contribution in [0.25, 0.3) is 49.8 Å². The zero-order valence-corrected chi connectivity index (χ0v) is 18.4. The molecule has 0 aliphatic carbocycles. The van der Waals surface area contributed by atoms with Crippen molar-refractivity contribution in [3.8, 4) is 39.6 Å². The van der Waals surface area contributed by atoms with Gasteiger partial charge in [0.2, 0.25) is 0 Å². The first kappa shape index (κ1) is 19.2. The number of fused-ring (bicyclic) bond motifs is 10. The fourth-order valence-corrected chi connectivity index (χ4v) is 4.94. The van der Waals surface area contributed by atoms with Crippen molar-refractivity contribution in [3.63, 3.8) is 0 Å². The Morgan fingerprint density at radius 2 is 1.71 bits per heavy atom. The van der Waals surface area contributed by atoms with Crippen molar-refractivity contribution >= 4 is 22.8 Å². The fourth-order valence-electron chi connectivity index (χ4n) is 4.94. The van der Waals surface area contributed by atoms with Gasteiger partial charge in [0, 0.05) is 22.0 Å². The highest BCUT2D eigenvalue weighted by Gasteiger charge is 2.23. The minimum atomic E-state index is 0.536. The molecule has 3 aromatic carbocycles. The highest BCUT2D eigenvalue weighted by Crippen LogP contribution is 2.44. The molecule has 1 aromatic heterocycles. The second-order valence-electron chi connectivity index (χ2n) is 8.61. The van der Waals surface area contributed by atoms with Crippen LogP contribution in [0.2, 0.25) is 0 Å². The van der Waals surface area contributed by atoms with Gasteiger partial charge in [-0.3, -0.25) is 0 Å². The van der Waals surface area contributed by atoms with Crippen molar-refractivity contribution in [2.75, 3.05) is 0 Å². The number of allylic oxidation sites excluding steroid dienone is 2. The molecule has 0 saturated heterocycles. The van der Waals surface area contributed by atoms with E-state index in [1.165, 1.54) is 0 Å². The van der Waals surface area contributed by atoms with Gasteiger partial charge in [0.15, 0.2) is 5.69 Å². The van der Waals surface area contributed by atoms with E-state index in [9.17, 15) is 5.26 Å². The van der Waals surface area contributed by atoms with E-state index >= 15 is 0 Å². The Bertz CT molecular complexity index is 1890. The number of nitrogens with zero attached hydrogens (tertiary/aromatic N) is 4. The summed E-state index contributed by atoms with van der Waals surface area (Å²) < 4.78 is 0. The lowest BCUT2D eigenvalue weighted by atomic mass is 9.94. The van der Waals surface area contributed by atoms with Gasteiger partial charge in [0.1, 0.15) is 0 Å². The zero-order chi connectivity index (χ0) is 23.5. The molecule has 35 heavy (non-hydrogen) atoms. The lowest BCUT2D eigenvalue weighted by Crippen LogP contribution is -2.32. The number of aromatic nitrogens is 1. The van der Waals surface area contributed by atoms with Gasteiger partial charge < -0.3 is 5.32 Å². The lowest BCUT2D eigenvalue weighted by Gasteiger charge is -2.16. The molecule has 4 aromatic rings. The van der Waals surface area contributed by atoms with Gasteiger partial charge in [-0.25, -0.2) is 14.8 Å². The van der Waals surface area contributed by atoms with Crippen LogP contribution in [0.15, 0.2) is 90.0 Å². The zero-order valence-electron chi connectivity index (χ0n) is 18.4. The van der Waals surface area contributed by atoms with Crippen LogP contribution >= 0.6 is 0 Å². The van der Waals surface area contributed by atoms with Crippen molar-refractivity contribution in [1.29, 1.82) is 5.26 Å². The molecule has 1 N–H and O–H groups in total. The topological polar surface area (TPSA) is 65.4 Å². The summed E-state index contributed by atoms with van der Waals surface area (Å²) >= 11 is 0. The van der Waals surface area contributed by atoms with Crippen LogP contribution in [0, 0.1) is 17.9 Å². The van der Waals surface area contributed by atoms with Gasteiger partial charge in [0.25, 0.3) is 0 Å². The first-order valence-corrected chi connectivity index (χ1v) is 11.2. The maximum Gasteiger partial charge on any atom is 0.188 e. The molecule has 0 fully saturated rings. The van der Waals surface area contributed by atoms with Crippen LogP contribution in [-0.4, -0.2) is 4.98 Å². The summed E-state index contributed by atoms with van der Waals surface area (Å²) in [7, 11) is 0. The predicted molar refractivity (Wildman–Crippen MR) is 136 cm³/mol. The van der Waals surface area contributed by atoms with Crippen LogP contribution in [0.4, 0.5) is 11.4 Å². The summed E-state index contributed by atoms with van der Waals surface area (Å²) in [5, 5.41) is 15.0. The van der Waals surface area contributed by atoms with Crippen LogP contribution in [-0.2, 0) is 0 Å². The molecule has 0 radical (unpaired) electrons. The minimum Gasteiger partial charge on any atom is -0.353 e. The monoisotopic (exact) mass is 445 g/mol. The molecule has 160 valence electrons. The molecule has 0 amide bonds. The van der Waals surface area contributed by atoms with E-state index in [1.807, 2.05) is 78.9 Å². The standard InChI is InChI=1S/C30H15N5/c1-32-20-14-21-18-5-2-6-19(13-18)25-7-3-9-27(33-25)28-10-4-8-26(34-28)24-12-17(16-31)11-22-23(15-20)29(21)35-30(22)24/h2-15,34H. The van der Waals surface area contributed by atoms with Gasteiger partial charge in [-0.1, -0.05) is 30.3 Å². The van der Waals surface area contributed by atoms with Crippen molar-refractivity contribution in [1.82, 2.24) is 10.3 Å². The number of hydrogen-bond donors (Lipinski definition) is 1. The Morgan fingerprint density at radius 3 is 2.60 bits per heavy atom. The Balaban J connectivity index is 1.68. The number of nitriles is 1. The van der Waals surface area contributed by atoms with Gasteiger partial charge in [0.05, 0.1) is 46.3 Å². The third-order valence-electron chi connectivity index (χ3n) is 6.56. The summed E-state index contributed by atoms with van der Waals surface area (Å²) in [6, 6.07) is 24.0. The highest BCUT2D eigenvalue weighted by atomic mass is 14.9. The smallest absolute Gasteiger partial charge is 0.188 e. The first-order chi connectivity index (χ1) is 17.2. The number of pyridine rings is 1. The molecule has 7 rings (SSSR count). The Morgan fingerprint density at radius 1 is 0.886 bits per heavy atom. The molecule has 0 unspecified atom stereocenters. The predicted octanol–water partition coefficient (Wildman–Crippen LogP) is 5.39. The molecule has 5 heteroatoms. The van der Waals surface area contributed by atoms with E-state index in [-0.39, 0.29) is 0 Å². The van der Waals surface area contributed by atoms with Crippen molar-refractivity contribution in [3.05, 3.63) is 118 Å². The van der Waals surface area contributed by atoms with Crippen molar-refractivity contribution in [2.45, 2.75) is 0 Å². The van der Waals surface area contributed by atoms with E-state index in [0.29, 0.717) is 11.3 Å². The van der Waals surface area contributed by atoms with Crippen LogP contribution in [0.1, 0.15) is 11.3 Å². The molecule has 0 atom stereocenters.